The van der Waals surface area contributed by atoms with Gasteiger partial charge in [0.05, 0.1) is 7.11 Å². The molecule has 25 heavy (non-hydrogen) atoms. The van der Waals surface area contributed by atoms with E-state index in [4.69, 9.17) is 4.74 Å². The van der Waals surface area contributed by atoms with E-state index in [1.54, 1.807) is 12.7 Å². The quantitative estimate of drug-likeness (QED) is 0.511. The van der Waals surface area contributed by atoms with Crippen LogP contribution in [-0.2, 0) is 6.42 Å². The summed E-state index contributed by atoms with van der Waals surface area (Å²) < 4.78 is 5.55. The minimum atomic E-state index is 0.766. The Morgan fingerprint density at radius 2 is 1.64 bits per heavy atom. The van der Waals surface area contributed by atoms with E-state index in [-0.39, 0.29) is 0 Å². The van der Waals surface area contributed by atoms with Gasteiger partial charge in [0.1, 0.15) is 5.75 Å². The van der Waals surface area contributed by atoms with E-state index in [1.165, 1.54) is 63.4 Å². The molecule has 0 heterocycles. The van der Waals surface area contributed by atoms with Crippen molar-refractivity contribution >= 4 is 0 Å². The van der Waals surface area contributed by atoms with E-state index in [2.05, 4.69) is 37.8 Å². The molecular formula is C24H36O. The summed E-state index contributed by atoms with van der Waals surface area (Å²) >= 11 is 0. The van der Waals surface area contributed by atoms with Crippen molar-refractivity contribution in [3.8, 4) is 5.75 Å². The largest absolute Gasteiger partial charge is 0.496 e. The molecule has 138 valence electrons. The van der Waals surface area contributed by atoms with Crippen LogP contribution in [0.15, 0.2) is 30.9 Å². The fourth-order valence-electron chi connectivity index (χ4n) is 5.29. The second kappa shape index (κ2) is 8.92. The lowest BCUT2D eigenvalue weighted by molar-refractivity contribution is 0.171. The van der Waals surface area contributed by atoms with Gasteiger partial charge in [-0.3, -0.25) is 0 Å². The molecule has 0 spiro atoms. The molecule has 2 fully saturated rings. The molecule has 2 saturated carbocycles. The topological polar surface area (TPSA) is 9.23 Å². The van der Waals surface area contributed by atoms with Crippen LogP contribution in [0.5, 0.6) is 5.75 Å². The minimum absolute atomic E-state index is 0.766. The fraction of sp³-hybridized carbons (Fsp3) is 0.667. The molecule has 0 bridgehead atoms. The van der Waals surface area contributed by atoms with Crippen molar-refractivity contribution in [1.29, 1.82) is 0 Å². The molecule has 3 rings (SSSR count). The number of ether oxygens (including phenoxy) is 1. The maximum Gasteiger partial charge on any atom is 0.122 e. The van der Waals surface area contributed by atoms with Gasteiger partial charge in [-0.05, 0) is 98.7 Å². The van der Waals surface area contributed by atoms with Crippen molar-refractivity contribution in [3.05, 3.63) is 42.0 Å². The maximum atomic E-state index is 5.55. The Hall–Kier alpha value is -1.24. The monoisotopic (exact) mass is 340 g/mol. The first-order chi connectivity index (χ1) is 12.2. The summed E-state index contributed by atoms with van der Waals surface area (Å²) in [5.74, 6) is 4.60. The summed E-state index contributed by atoms with van der Waals surface area (Å²) in [5, 5.41) is 0. The molecular weight excluding hydrogens is 304 g/mol. The zero-order chi connectivity index (χ0) is 17.6. The summed E-state index contributed by atoms with van der Waals surface area (Å²) in [6, 6.07) is 6.95. The van der Waals surface area contributed by atoms with Crippen LogP contribution in [0.4, 0.5) is 0 Å². The summed E-state index contributed by atoms with van der Waals surface area (Å²) in [7, 11) is 1.79. The van der Waals surface area contributed by atoms with Crippen LogP contribution in [0.25, 0.3) is 0 Å². The summed E-state index contributed by atoms with van der Waals surface area (Å²) in [5.41, 5.74) is 2.95. The molecule has 0 N–H and O–H groups in total. The Morgan fingerprint density at radius 3 is 2.20 bits per heavy atom. The number of hydrogen-bond acceptors (Lipinski definition) is 1. The first kappa shape index (κ1) is 18.5. The molecule has 0 aromatic heterocycles. The highest BCUT2D eigenvalue weighted by Gasteiger charge is 2.30. The lowest BCUT2D eigenvalue weighted by atomic mass is 9.68. The molecule has 2 aliphatic carbocycles. The molecule has 1 nitrogen and oxygen atoms in total. The van der Waals surface area contributed by atoms with E-state index in [9.17, 15) is 0 Å². The molecule has 1 heteroatoms. The molecule has 0 atom stereocenters. The van der Waals surface area contributed by atoms with Crippen molar-refractivity contribution in [2.75, 3.05) is 7.11 Å². The van der Waals surface area contributed by atoms with Crippen molar-refractivity contribution in [3.63, 3.8) is 0 Å². The van der Waals surface area contributed by atoms with E-state index in [1.807, 2.05) is 0 Å². The third kappa shape index (κ3) is 4.49. The first-order valence-electron chi connectivity index (χ1n) is 10.5. The van der Waals surface area contributed by atoms with Gasteiger partial charge in [0, 0.05) is 0 Å². The van der Waals surface area contributed by atoms with Gasteiger partial charge in [-0.2, -0.15) is 0 Å². The average molecular weight is 341 g/mol. The Morgan fingerprint density at radius 1 is 1.00 bits per heavy atom. The summed E-state index contributed by atoms with van der Waals surface area (Å²) in [4.78, 5) is 0. The standard InChI is InChI=1S/C24H36O/c1-4-6-23-17-22(15-16-24(23)25-3)21-13-11-20(12-14-21)19-9-7-18(5-2)8-10-19/h5,15-21H,2,4,6-14H2,1,3H3/t18-,19-,20?,21?. The van der Waals surface area contributed by atoms with Crippen molar-refractivity contribution < 1.29 is 4.74 Å². The first-order valence-corrected chi connectivity index (χ1v) is 10.5. The number of methoxy groups -OCH3 is 1. The molecule has 1 aromatic rings. The Kier molecular flexibility index (Phi) is 6.62. The van der Waals surface area contributed by atoms with Gasteiger partial charge in [-0.1, -0.05) is 31.6 Å². The number of aryl methyl sites for hydroxylation is 1. The molecule has 2 aliphatic rings. The lowest BCUT2D eigenvalue weighted by Gasteiger charge is -2.37. The molecule has 0 saturated heterocycles. The third-order valence-electron chi connectivity index (χ3n) is 6.88. The van der Waals surface area contributed by atoms with Crippen LogP contribution in [0, 0.1) is 17.8 Å². The highest BCUT2D eigenvalue weighted by atomic mass is 16.5. The number of benzene rings is 1. The van der Waals surface area contributed by atoms with E-state index >= 15 is 0 Å². The van der Waals surface area contributed by atoms with Crippen LogP contribution in [0.2, 0.25) is 0 Å². The number of hydrogen-bond donors (Lipinski definition) is 0. The van der Waals surface area contributed by atoms with Gasteiger partial charge < -0.3 is 4.74 Å². The fourth-order valence-corrected chi connectivity index (χ4v) is 5.29. The van der Waals surface area contributed by atoms with Crippen LogP contribution < -0.4 is 4.74 Å². The van der Waals surface area contributed by atoms with Crippen molar-refractivity contribution in [2.45, 2.75) is 77.0 Å². The predicted molar refractivity (Wildman–Crippen MR) is 107 cm³/mol. The van der Waals surface area contributed by atoms with Gasteiger partial charge in [0.2, 0.25) is 0 Å². The average Bonchev–Trinajstić information content (AvgIpc) is 2.68. The second-order valence-electron chi connectivity index (χ2n) is 8.34. The number of rotatable bonds is 6. The lowest BCUT2D eigenvalue weighted by Crippen LogP contribution is -2.25. The van der Waals surface area contributed by atoms with Gasteiger partial charge in [0.25, 0.3) is 0 Å². The van der Waals surface area contributed by atoms with Crippen molar-refractivity contribution in [2.24, 2.45) is 17.8 Å². The second-order valence-corrected chi connectivity index (χ2v) is 8.34. The van der Waals surface area contributed by atoms with Gasteiger partial charge >= 0.3 is 0 Å². The Bertz CT molecular complexity index is 545. The Labute approximate surface area is 154 Å². The summed E-state index contributed by atoms with van der Waals surface area (Å²) in [6.45, 7) is 6.24. The smallest absolute Gasteiger partial charge is 0.122 e. The van der Waals surface area contributed by atoms with Gasteiger partial charge in [-0.25, -0.2) is 0 Å². The van der Waals surface area contributed by atoms with Crippen LogP contribution >= 0.6 is 0 Å². The van der Waals surface area contributed by atoms with Crippen LogP contribution in [0.3, 0.4) is 0 Å². The molecule has 1 aromatic carbocycles. The van der Waals surface area contributed by atoms with Crippen LogP contribution in [0.1, 0.15) is 81.8 Å². The molecule has 0 aliphatic heterocycles. The molecule has 0 unspecified atom stereocenters. The van der Waals surface area contributed by atoms with E-state index < -0.39 is 0 Å². The van der Waals surface area contributed by atoms with E-state index in [0.29, 0.717) is 0 Å². The highest BCUT2D eigenvalue weighted by Crippen LogP contribution is 2.44. The maximum absolute atomic E-state index is 5.55. The highest BCUT2D eigenvalue weighted by molar-refractivity contribution is 5.39. The molecule has 0 amide bonds. The van der Waals surface area contributed by atoms with Gasteiger partial charge in [-0.15, -0.1) is 6.58 Å². The Balaban J connectivity index is 1.57. The SMILES string of the molecule is C=C[C@H]1CC[C@H](C2CCC(c3ccc(OC)c(CCC)c3)CC2)CC1. The zero-order valence-electron chi connectivity index (χ0n) is 16.3. The van der Waals surface area contributed by atoms with Crippen molar-refractivity contribution in [1.82, 2.24) is 0 Å². The number of allylic oxidation sites excluding steroid dienone is 1. The summed E-state index contributed by atoms with van der Waals surface area (Å²) in [6.07, 6.45) is 15.8. The van der Waals surface area contributed by atoms with Crippen LogP contribution in [-0.4, -0.2) is 7.11 Å². The zero-order valence-corrected chi connectivity index (χ0v) is 16.3. The third-order valence-corrected chi connectivity index (χ3v) is 6.88. The predicted octanol–water partition coefficient (Wildman–Crippen LogP) is 6.91. The molecule has 0 radical (unpaired) electrons. The minimum Gasteiger partial charge on any atom is -0.496 e. The normalized spacial score (nSPS) is 30.0. The van der Waals surface area contributed by atoms with E-state index in [0.717, 1.165) is 35.8 Å². The van der Waals surface area contributed by atoms with Gasteiger partial charge in [0.15, 0.2) is 0 Å².